The maximum absolute atomic E-state index is 12.2. The van der Waals surface area contributed by atoms with E-state index in [9.17, 15) is 9.90 Å². The predicted octanol–water partition coefficient (Wildman–Crippen LogP) is 14.0. The van der Waals surface area contributed by atoms with Gasteiger partial charge in [-0.3, -0.25) is 9.78 Å². The van der Waals surface area contributed by atoms with Crippen LogP contribution in [0.5, 0.6) is 0 Å². The van der Waals surface area contributed by atoms with Crippen LogP contribution in [0.2, 0.25) is 0 Å². The zero-order valence-electron chi connectivity index (χ0n) is 34.1. The fourth-order valence-electron chi connectivity index (χ4n) is 6.74. The van der Waals surface area contributed by atoms with Crippen LogP contribution in [0.4, 0.5) is 0 Å². The third-order valence-corrected chi connectivity index (χ3v) is 11.4. The summed E-state index contributed by atoms with van der Waals surface area (Å²) in [5.74, 6) is 1.86. The summed E-state index contributed by atoms with van der Waals surface area (Å²) in [5.41, 5.74) is 7.11. The number of hydrogen-bond acceptors (Lipinski definition) is 5. The van der Waals surface area contributed by atoms with E-state index in [0.717, 1.165) is 87.7 Å². The van der Waals surface area contributed by atoms with Crippen LogP contribution in [0.25, 0.3) is 55.2 Å². The fraction of sp³-hybridized carbons (Fsp3) is 0.417. The molecular weight excluding hydrogens is 847 g/mol. The molecule has 289 valence electrons. The van der Waals surface area contributed by atoms with Crippen molar-refractivity contribution in [2.45, 2.75) is 114 Å². The van der Waals surface area contributed by atoms with Gasteiger partial charge < -0.3 is 13.9 Å². The van der Waals surface area contributed by atoms with Gasteiger partial charge in [-0.25, -0.2) is 0 Å². The number of benzene rings is 3. The Labute approximate surface area is 336 Å². The van der Waals surface area contributed by atoms with Crippen molar-refractivity contribution < 1.29 is 38.8 Å². The molecule has 0 saturated carbocycles. The first-order valence-corrected chi connectivity index (χ1v) is 19.4. The molecule has 3 heterocycles. The van der Waals surface area contributed by atoms with E-state index in [4.69, 9.17) is 13.8 Å². The molecule has 54 heavy (non-hydrogen) atoms. The number of nitrogens with zero attached hydrogens (tertiary/aromatic N) is 1. The second kappa shape index (κ2) is 17.2. The Morgan fingerprint density at radius 2 is 1.54 bits per heavy atom. The Hall–Kier alpha value is -3.99. The van der Waals surface area contributed by atoms with Gasteiger partial charge in [0.05, 0.1) is 6.26 Å². The van der Waals surface area contributed by atoms with Crippen molar-refractivity contribution in [3.63, 3.8) is 0 Å². The SMILES string of the molecule is CC(C)Cc1cc2ccc(-c3cc(-c4[c-]c5ccccc5c(C(C)(C)C)c4)nc4ccoc34)cc2o1.CCC(C)(CC)C(=O)/C=C(\O)C(C)(CC)CC.[Ir]. The molecule has 0 bridgehead atoms. The molecule has 1 radical (unpaired) electrons. The quantitative estimate of drug-likeness (QED) is 0.0796. The monoisotopic (exact) mass is 905 g/mol. The van der Waals surface area contributed by atoms with E-state index in [1.54, 1.807) is 6.26 Å². The maximum atomic E-state index is 12.2. The van der Waals surface area contributed by atoms with Crippen LogP contribution in [0.3, 0.4) is 0 Å². The minimum Gasteiger partial charge on any atom is -0.512 e. The predicted molar refractivity (Wildman–Crippen MR) is 221 cm³/mol. The summed E-state index contributed by atoms with van der Waals surface area (Å²) >= 11 is 0. The molecule has 6 heteroatoms. The third kappa shape index (κ3) is 9.09. The fourth-order valence-corrected chi connectivity index (χ4v) is 6.74. The van der Waals surface area contributed by atoms with Crippen molar-refractivity contribution in [3.05, 3.63) is 102 Å². The molecule has 0 fully saturated rings. The molecule has 0 aliphatic rings. The number of carbonyl (C=O) groups is 1. The molecule has 3 aromatic heterocycles. The van der Waals surface area contributed by atoms with Gasteiger partial charge in [0, 0.05) is 66.1 Å². The Bertz CT molecular complexity index is 2240. The number of aliphatic hydroxyl groups excluding tert-OH is 1. The molecule has 0 saturated heterocycles. The van der Waals surface area contributed by atoms with Gasteiger partial charge in [-0.1, -0.05) is 124 Å². The number of pyridine rings is 1. The van der Waals surface area contributed by atoms with Gasteiger partial charge in [0.15, 0.2) is 11.4 Å². The Morgan fingerprint density at radius 3 is 2.17 bits per heavy atom. The normalized spacial score (nSPS) is 12.6. The summed E-state index contributed by atoms with van der Waals surface area (Å²) < 4.78 is 12.1. The van der Waals surface area contributed by atoms with Gasteiger partial charge >= 0.3 is 0 Å². The molecule has 6 aromatic rings. The van der Waals surface area contributed by atoms with Crippen molar-refractivity contribution in [2.75, 3.05) is 0 Å². The minimum atomic E-state index is -0.337. The molecule has 1 N–H and O–H groups in total. The summed E-state index contributed by atoms with van der Waals surface area (Å²) in [4.78, 5) is 17.2. The minimum absolute atomic E-state index is 0. The van der Waals surface area contributed by atoms with Crippen LogP contribution in [0.1, 0.15) is 113 Å². The van der Waals surface area contributed by atoms with Gasteiger partial charge in [0.1, 0.15) is 22.6 Å². The number of ketones is 1. The Balaban J connectivity index is 0.000000309. The van der Waals surface area contributed by atoms with Gasteiger partial charge in [-0.15, -0.1) is 29.1 Å². The van der Waals surface area contributed by atoms with E-state index in [1.807, 2.05) is 47.6 Å². The van der Waals surface area contributed by atoms with Gasteiger partial charge in [-0.2, -0.15) is 0 Å². The summed E-state index contributed by atoms with van der Waals surface area (Å²) in [6, 6.07) is 26.9. The number of carbonyl (C=O) groups excluding carboxylic acids is 1. The number of aromatic nitrogens is 1. The second-order valence-corrected chi connectivity index (χ2v) is 16.6. The van der Waals surface area contributed by atoms with Crippen LogP contribution >= 0.6 is 0 Å². The van der Waals surface area contributed by atoms with E-state index in [0.29, 0.717) is 5.92 Å². The number of fused-ring (bicyclic) bond motifs is 3. The number of aliphatic hydroxyl groups is 1. The first kappa shape index (κ1) is 42.7. The summed E-state index contributed by atoms with van der Waals surface area (Å²) in [5, 5.41) is 13.6. The number of furan rings is 2. The van der Waals surface area contributed by atoms with Crippen molar-refractivity contribution in [2.24, 2.45) is 16.7 Å². The summed E-state index contributed by atoms with van der Waals surface area (Å²) in [7, 11) is 0. The van der Waals surface area contributed by atoms with Crippen molar-refractivity contribution in [3.8, 4) is 22.4 Å². The van der Waals surface area contributed by atoms with Gasteiger partial charge in [0.25, 0.3) is 0 Å². The largest absolute Gasteiger partial charge is 0.512 e. The van der Waals surface area contributed by atoms with Crippen LogP contribution in [-0.4, -0.2) is 15.9 Å². The molecule has 0 unspecified atom stereocenters. The molecule has 5 nitrogen and oxygen atoms in total. The molecule has 0 spiro atoms. The molecule has 0 aliphatic carbocycles. The smallest absolute Gasteiger partial charge is 0.164 e. The molecule has 0 atom stereocenters. The topological polar surface area (TPSA) is 76.5 Å². The van der Waals surface area contributed by atoms with Gasteiger partial charge in [0.2, 0.25) is 0 Å². The molecular formula is C48H58IrNO4-. The maximum Gasteiger partial charge on any atom is 0.164 e. The Kier molecular flexibility index (Phi) is 13.6. The second-order valence-electron chi connectivity index (χ2n) is 16.6. The number of allylic oxidation sites excluding steroid dienone is 2. The molecule has 0 amide bonds. The average Bonchev–Trinajstić information content (AvgIpc) is 3.79. The van der Waals surface area contributed by atoms with Crippen LogP contribution in [-0.2, 0) is 36.7 Å². The average molecular weight is 905 g/mol. The van der Waals surface area contributed by atoms with E-state index in [-0.39, 0.29) is 47.9 Å². The van der Waals surface area contributed by atoms with E-state index < -0.39 is 0 Å². The van der Waals surface area contributed by atoms with Crippen LogP contribution in [0.15, 0.2) is 93.7 Å². The zero-order chi connectivity index (χ0) is 38.7. The van der Waals surface area contributed by atoms with Crippen molar-refractivity contribution >= 4 is 38.6 Å². The number of rotatable bonds is 11. The van der Waals surface area contributed by atoms with E-state index in [1.165, 1.54) is 17.0 Å². The summed E-state index contributed by atoms with van der Waals surface area (Å²) in [6.07, 6.45) is 7.39. The van der Waals surface area contributed by atoms with E-state index in [2.05, 4.69) is 101 Å². The van der Waals surface area contributed by atoms with Crippen molar-refractivity contribution in [1.29, 1.82) is 0 Å². The zero-order valence-corrected chi connectivity index (χ0v) is 36.5. The first-order chi connectivity index (χ1) is 25.0. The molecule has 6 rings (SSSR count). The summed E-state index contributed by atoms with van der Waals surface area (Å²) in [6.45, 7) is 23.3. The molecule has 3 aromatic carbocycles. The van der Waals surface area contributed by atoms with Gasteiger partial charge in [-0.05, 0) is 54.7 Å². The number of hydrogen-bond donors (Lipinski definition) is 1. The molecule has 0 aliphatic heterocycles. The van der Waals surface area contributed by atoms with Crippen molar-refractivity contribution in [1.82, 2.24) is 4.98 Å². The first-order valence-electron chi connectivity index (χ1n) is 19.4. The standard InChI is InChI=1S/C33H30NO2.C15H28O2.Ir/c1-20(2)14-25-16-23-11-10-22(18-31(23)36-25)27-19-30(34-29-12-13-35-32(27)29)24-15-21-8-6-7-9-26(21)28(17-24)33(3,4)5;1-7-14(5,8-2)12(16)11-13(17)15(6,9-3)10-4;/h6-13,16-20H,14H2,1-5H3;11,16H,7-10H2,1-6H3;/q-1;;/b;12-11-;. The van der Waals surface area contributed by atoms with Crippen LogP contribution in [0, 0.1) is 22.8 Å². The van der Waals surface area contributed by atoms with E-state index >= 15 is 0 Å². The third-order valence-electron chi connectivity index (χ3n) is 11.4. The van der Waals surface area contributed by atoms with Crippen LogP contribution < -0.4 is 0 Å². The Morgan fingerprint density at radius 1 is 0.870 bits per heavy atom.